The number of nitrogens with one attached hydrogen (secondary N) is 2. The number of carboxylic acids is 1. The lowest BCUT2D eigenvalue weighted by molar-refractivity contribution is -0.138. The largest absolute Gasteiger partial charge is 0.480 e. The quantitative estimate of drug-likeness (QED) is 0.723. The van der Waals surface area contributed by atoms with E-state index in [0.717, 1.165) is 10.9 Å². The summed E-state index contributed by atoms with van der Waals surface area (Å²) >= 11 is 0. The molecule has 102 valence electrons. The molecular formula is C11H11ClN2O4S. The van der Waals surface area contributed by atoms with E-state index < -0.39 is 21.2 Å². The SMILES string of the molecule is O=C(O)C(Cc1c[nH]c2ccccc12)NS(=O)(=O)Cl. The van der Waals surface area contributed by atoms with E-state index >= 15 is 0 Å². The van der Waals surface area contributed by atoms with E-state index in [-0.39, 0.29) is 6.42 Å². The van der Waals surface area contributed by atoms with Gasteiger partial charge in [-0.1, -0.05) is 18.2 Å². The highest BCUT2D eigenvalue weighted by Crippen LogP contribution is 2.19. The van der Waals surface area contributed by atoms with Crippen LogP contribution in [0.1, 0.15) is 5.56 Å². The molecule has 2 aromatic rings. The molecule has 6 nitrogen and oxygen atoms in total. The fourth-order valence-electron chi connectivity index (χ4n) is 1.87. The molecule has 1 aromatic heterocycles. The Labute approximate surface area is 113 Å². The molecule has 0 radical (unpaired) electrons. The molecule has 0 fully saturated rings. The smallest absolute Gasteiger partial charge is 0.322 e. The van der Waals surface area contributed by atoms with Crippen LogP contribution in [0.2, 0.25) is 0 Å². The molecule has 8 heteroatoms. The predicted molar refractivity (Wildman–Crippen MR) is 71.3 cm³/mol. The van der Waals surface area contributed by atoms with Crippen molar-refractivity contribution in [2.45, 2.75) is 12.5 Å². The molecule has 3 N–H and O–H groups in total. The van der Waals surface area contributed by atoms with E-state index in [1.807, 2.05) is 29.0 Å². The fourth-order valence-corrected chi connectivity index (χ4v) is 2.72. The summed E-state index contributed by atoms with van der Waals surface area (Å²) in [5, 5.41) is 9.86. The minimum absolute atomic E-state index is 0.00525. The first-order chi connectivity index (χ1) is 8.87. The van der Waals surface area contributed by atoms with Crippen LogP contribution in [0.25, 0.3) is 10.9 Å². The molecule has 1 heterocycles. The number of hydrogen-bond donors (Lipinski definition) is 3. The first kappa shape index (κ1) is 13.9. The molecule has 19 heavy (non-hydrogen) atoms. The maximum Gasteiger partial charge on any atom is 0.322 e. The second-order valence-electron chi connectivity index (χ2n) is 4.01. The van der Waals surface area contributed by atoms with Crippen LogP contribution in [0, 0.1) is 0 Å². The highest BCUT2D eigenvalue weighted by Gasteiger charge is 2.23. The third-order valence-electron chi connectivity index (χ3n) is 2.68. The summed E-state index contributed by atoms with van der Waals surface area (Å²) in [6.45, 7) is 0. The summed E-state index contributed by atoms with van der Waals surface area (Å²) in [4.78, 5) is 14.0. The molecule has 1 unspecified atom stereocenters. The van der Waals surface area contributed by atoms with E-state index in [1.54, 1.807) is 6.20 Å². The molecular weight excluding hydrogens is 292 g/mol. The Morgan fingerprint density at radius 3 is 2.74 bits per heavy atom. The molecule has 0 aliphatic rings. The summed E-state index contributed by atoms with van der Waals surface area (Å²) in [7, 11) is 0.927. The van der Waals surface area contributed by atoms with Gasteiger partial charge in [0.05, 0.1) is 0 Å². The van der Waals surface area contributed by atoms with Gasteiger partial charge in [-0.15, -0.1) is 0 Å². The number of rotatable bonds is 5. The predicted octanol–water partition coefficient (Wildman–Crippen LogP) is 1.24. The number of benzene rings is 1. The Balaban J connectivity index is 2.29. The van der Waals surface area contributed by atoms with Crippen molar-refractivity contribution in [2.75, 3.05) is 0 Å². The maximum absolute atomic E-state index is 11.0. The first-order valence-corrected chi connectivity index (χ1v) is 7.67. The van der Waals surface area contributed by atoms with Crippen molar-refractivity contribution in [1.82, 2.24) is 9.71 Å². The number of H-pyrrole nitrogens is 1. The summed E-state index contributed by atoms with van der Waals surface area (Å²) in [6.07, 6.45) is 1.66. The van der Waals surface area contributed by atoms with E-state index in [9.17, 15) is 13.2 Å². The number of aliphatic carboxylic acids is 1. The van der Waals surface area contributed by atoms with Crippen LogP contribution in [0.5, 0.6) is 0 Å². The van der Waals surface area contributed by atoms with E-state index in [2.05, 4.69) is 4.98 Å². The topological polar surface area (TPSA) is 99.3 Å². The van der Waals surface area contributed by atoms with Crippen LogP contribution < -0.4 is 4.72 Å². The average Bonchev–Trinajstić information content (AvgIpc) is 2.70. The minimum Gasteiger partial charge on any atom is -0.480 e. The molecule has 1 atom stereocenters. The molecule has 0 spiro atoms. The molecule has 0 saturated carbocycles. The van der Waals surface area contributed by atoms with Crippen molar-refractivity contribution in [3.63, 3.8) is 0 Å². The highest BCUT2D eigenvalue weighted by molar-refractivity contribution is 8.12. The summed E-state index contributed by atoms with van der Waals surface area (Å²) in [6, 6.07) is 6.04. The number of para-hydroxylation sites is 1. The average molecular weight is 303 g/mol. The summed E-state index contributed by atoms with van der Waals surface area (Å²) in [5.41, 5.74) is 1.56. The molecule has 1 aromatic carbocycles. The number of halogens is 1. The van der Waals surface area contributed by atoms with Crippen molar-refractivity contribution in [1.29, 1.82) is 0 Å². The van der Waals surface area contributed by atoms with Gasteiger partial charge in [0.1, 0.15) is 6.04 Å². The third-order valence-corrected chi connectivity index (χ3v) is 3.51. The van der Waals surface area contributed by atoms with E-state index in [0.29, 0.717) is 5.56 Å². The molecule has 0 saturated heterocycles. The Morgan fingerprint density at radius 2 is 2.11 bits per heavy atom. The van der Waals surface area contributed by atoms with E-state index in [4.69, 9.17) is 15.8 Å². The van der Waals surface area contributed by atoms with Gasteiger partial charge >= 0.3 is 5.97 Å². The van der Waals surface area contributed by atoms with Gasteiger partial charge in [0, 0.05) is 34.2 Å². The summed E-state index contributed by atoms with van der Waals surface area (Å²) < 4.78 is 23.7. The van der Waals surface area contributed by atoms with Gasteiger partial charge in [0.25, 0.3) is 9.24 Å². The normalized spacial score (nSPS) is 13.5. The lowest BCUT2D eigenvalue weighted by atomic mass is 10.1. The number of hydrogen-bond acceptors (Lipinski definition) is 3. The van der Waals surface area contributed by atoms with Crippen LogP contribution in [0.4, 0.5) is 0 Å². The monoisotopic (exact) mass is 302 g/mol. The van der Waals surface area contributed by atoms with Crippen LogP contribution >= 0.6 is 10.7 Å². The van der Waals surface area contributed by atoms with Crippen LogP contribution in [0.3, 0.4) is 0 Å². The second kappa shape index (κ2) is 5.20. The fraction of sp³-hybridized carbons (Fsp3) is 0.182. The van der Waals surface area contributed by atoms with Gasteiger partial charge in [0.15, 0.2) is 0 Å². The van der Waals surface area contributed by atoms with Gasteiger partial charge in [-0.3, -0.25) is 4.79 Å². The maximum atomic E-state index is 11.0. The zero-order valence-corrected chi connectivity index (χ0v) is 11.2. The van der Waals surface area contributed by atoms with Crippen LogP contribution in [-0.2, 0) is 20.5 Å². The van der Waals surface area contributed by atoms with Crippen molar-refractivity contribution in [2.24, 2.45) is 0 Å². The number of carboxylic acid groups (broad SMARTS) is 1. The Morgan fingerprint density at radius 1 is 1.42 bits per heavy atom. The lowest BCUT2D eigenvalue weighted by Crippen LogP contribution is -2.40. The lowest BCUT2D eigenvalue weighted by Gasteiger charge is -2.11. The Bertz CT molecular complexity index is 710. The minimum atomic E-state index is -4.09. The Hall–Kier alpha value is -1.57. The molecule has 0 aliphatic heterocycles. The molecule has 0 amide bonds. The van der Waals surface area contributed by atoms with Gasteiger partial charge < -0.3 is 10.1 Å². The standard InChI is InChI=1S/C11H11ClN2O4S/c12-19(17,18)14-10(11(15)16)5-7-6-13-9-4-2-1-3-8(7)9/h1-4,6,10,13-14H,5H2,(H,15,16). The van der Waals surface area contributed by atoms with Gasteiger partial charge in [-0.2, -0.15) is 13.1 Å². The summed E-state index contributed by atoms with van der Waals surface area (Å²) in [5.74, 6) is -1.28. The van der Waals surface area contributed by atoms with Crippen molar-refractivity contribution < 1.29 is 18.3 Å². The van der Waals surface area contributed by atoms with Gasteiger partial charge in [-0.25, -0.2) is 0 Å². The van der Waals surface area contributed by atoms with Crippen LogP contribution in [0.15, 0.2) is 30.5 Å². The van der Waals surface area contributed by atoms with Crippen molar-refractivity contribution in [3.05, 3.63) is 36.0 Å². The van der Waals surface area contributed by atoms with Crippen LogP contribution in [-0.4, -0.2) is 30.5 Å². The zero-order valence-electron chi connectivity index (χ0n) is 9.63. The number of carbonyl (C=O) groups is 1. The van der Waals surface area contributed by atoms with E-state index in [1.165, 1.54) is 0 Å². The molecule has 2 rings (SSSR count). The third kappa shape index (κ3) is 3.46. The van der Waals surface area contributed by atoms with Crippen molar-refractivity contribution >= 4 is 36.8 Å². The van der Waals surface area contributed by atoms with Crippen molar-refractivity contribution in [3.8, 4) is 0 Å². The van der Waals surface area contributed by atoms with Gasteiger partial charge in [-0.05, 0) is 11.6 Å². The first-order valence-electron chi connectivity index (χ1n) is 5.36. The number of fused-ring (bicyclic) bond motifs is 1. The Kier molecular flexibility index (Phi) is 3.79. The zero-order chi connectivity index (χ0) is 14.0. The second-order valence-corrected chi connectivity index (χ2v) is 6.34. The van der Waals surface area contributed by atoms with Gasteiger partial charge in [0.2, 0.25) is 0 Å². The molecule has 0 aliphatic carbocycles. The number of aromatic nitrogens is 1. The number of aromatic amines is 1. The highest BCUT2D eigenvalue weighted by atomic mass is 35.7. The molecule has 0 bridgehead atoms.